The first-order chi connectivity index (χ1) is 31.8. The first kappa shape index (κ1) is 37.3. The van der Waals surface area contributed by atoms with Crippen LogP contribution in [0.25, 0.3) is 93.5 Å². The van der Waals surface area contributed by atoms with Crippen LogP contribution in [0.1, 0.15) is 0 Å². The zero-order valence-electron chi connectivity index (χ0n) is 35.1. The van der Waals surface area contributed by atoms with Crippen LogP contribution in [0.15, 0.2) is 255 Å². The highest BCUT2D eigenvalue weighted by Gasteiger charge is 2.22. The molecule has 64 heavy (non-hydrogen) atoms. The summed E-state index contributed by atoms with van der Waals surface area (Å²) in [6.07, 6.45) is 0. The Morgan fingerprint density at radius 3 is 1.69 bits per heavy atom. The predicted octanol–water partition coefficient (Wildman–Crippen LogP) is 17.2. The first-order valence-electron chi connectivity index (χ1n) is 22.0. The molecule has 0 radical (unpaired) electrons. The summed E-state index contributed by atoms with van der Waals surface area (Å²) in [4.78, 5) is 2.42. The van der Waals surface area contributed by atoms with Gasteiger partial charge in [0.25, 0.3) is 0 Å². The lowest BCUT2D eigenvalue weighted by atomic mass is 9.94. The molecule has 11 aromatic carbocycles. The lowest BCUT2D eigenvalue weighted by molar-refractivity contribution is 1.18. The Balaban J connectivity index is 1.04. The van der Waals surface area contributed by atoms with Gasteiger partial charge in [0.1, 0.15) is 0 Å². The number of aromatic nitrogens is 1. The smallest absolute Gasteiger partial charge is 0.0625 e. The van der Waals surface area contributed by atoms with E-state index in [1.807, 2.05) is 0 Å². The van der Waals surface area contributed by atoms with E-state index in [2.05, 4.69) is 264 Å². The van der Waals surface area contributed by atoms with Crippen LogP contribution >= 0.6 is 0 Å². The average Bonchev–Trinajstić information content (AvgIpc) is 3.73. The summed E-state index contributed by atoms with van der Waals surface area (Å²) in [7, 11) is 0. The average molecular weight is 815 g/mol. The van der Waals surface area contributed by atoms with Crippen molar-refractivity contribution in [3.05, 3.63) is 255 Å². The number of rotatable bonds is 8. The van der Waals surface area contributed by atoms with E-state index in [4.69, 9.17) is 0 Å². The summed E-state index contributed by atoms with van der Waals surface area (Å²) in [5.74, 6) is 0. The van der Waals surface area contributed by atoms with Crippen LogP contribution in [-0.2, 0) is 0 Å². The Labute approximate surface area is 373 Å². The monoisotopic (exact) mass is 814 g/mol. The molecule has 0 saturated carbocycles. The number of para-hydroxylation sites is 3. The standard InChI is InChI=1S/C62H42N2/c1-4-17-44(18-5-1)55-27-12-14-29-59(55)63(51-36-33-43(34-37-51)47-35-38-54-49(41-47)32-31-46-21-10-11-26-53(46)54)52-25-16-22-48(42-52)56-39-40-57(45-19-6-2-7-20-45)62-61(56)58-28-13-15-30-60(58)64(62)50-23-8-3-9-24-50/h1-42H. The lowest BCUT2D eigenvalue weighted by Crippen LogP contribution is -2.11. The number of nitrogens with zero attached hydrogens (tertiary/aromatic N) is 2. The third-order valence-electron chi connectivity index (χ3n) is 12.8. The van der Waals surface area contributed by atoms with Crippen molar-refractivity contribution >= 4 is 60.4 Å². The van der Waals surface area contributed by atoms with Gasteiger partial charge >= 0.3 is 0 Å². The van der Waals surface area contributed by atoms with Gasteiger partial charge in [-0.1, -0.05) is 200 Å². The Kier molecular flexibility index (Phi) is 9.20. The number of hydrogen-bond acceptors (Lipinski definition) is 1. The highest BCUT2D eigenvalue weighted by Crippen LogP contribution is 2.46. The predicted molar refractivity (Wildman–Crippen MR) is 272 cm³/mol. The fourth-order valence-corrected chi connectivity index (χ4v) is 9.80. The van der Waals surface area contributed by atoms with E-state index in [1.165, 1.54) is 82.3 Å². The van der Waals surface area contributed by atoms with Crippen molar-refractivity contribution < 1.29 is 0 Å². The Morgan fingerprint density at radius 1 is 0.297 bits per heavy atom. The minimum Gasteiger partial charge on any atom is -0.310 e. The van der Waals surface area contributed by atoms with Crippen LogP contribution in [0.4, 0.5) is 17.1 Å². The number of anilines is 3. The van der Waals surface area contributed by atoms with Gasteiger partial charge in [-0.15, -0.1) is 0 Å². The maximum Gasteiger partial charge on any atom is 0.0625 e. The zero-order valence-corrected chi connectivity index (χ0v) is 35.1. The molecule has 0 aliphatic heterocycles. The van der Waals surface area contributed by atoms with Crippen molar-refractivity contribution in [1.29, 1.82) is 0 Å². The van der Waals surface area contributed by atoms with Gasteiger partial charge in [0, 0.05) is 39.0 Å². The molecule has 0 aliphatic rings. The molecule has 0 unspecified atom stereocenters. The van der Waals surface area contributed by atoms with E-state index in [9.17, 15) is 0 Å². The summed E-state index contributed by atoms with van der Waals surface area (Å²) >= 11 is 0. The second kappa shape index (κ2) is 15.8. The molecular formula is C62H42N2. The van der Waals surface area contributed by atoms with Gasteiger partial charge in [-0.25, -0.2) is 0 Å². The van der Waals surface area contributed by atoms with Gasteiger partial charge in [0.2, 0.25) is 0 Å². The molecule has 12 aromatic rings. The van der Waals surface area contributed by atoms with Crippen molar-refractivity contribution in [2.24, 2.45) is 0 Å². The topological polar surface area (TPSA) is 8.17 Å². The molecule has 1 heterocycles. The molecular weight excluding hydrogens is 773 g/mol. The van der Waals surface area contributed by atoms with Gasteiger partial charge in [-0.2, -0.15) is 0 Å². The van der Waals surface area contributed by atoms with Crippen LogP contribution in [0.3, 0.4) is 0 Å². The summed E-state index contributed by atoms with van der Waals surface area (Å²) in [6.45, 7) is 0. The number of benzene rings is 11. The van der Waals surface area contributed by atoms with Crippen molar-refractivity contribution in [3.8, 4) is 50.2 Å². The largest absolute Gasteiger partial charge is 0.310 e. The molecule has 0 amide bonds. The fourth-order valence-electron chi connectivity index (χ4n) is 9.80. The fraction of sp³-hybridized carbons (Fsp3) is 0. The van der Waals surface area contributed by atoms with Gasteiger partial charge in [-0.3, -0.25) is 0 Å². The van der Waals surface area contributed by atoms with Crippen LogP contribution in [0.5, 0.6) is 0 Å². The van der Waals surface area contributed by atoms with Crippen molar-refractivity contribution in [3.63, 3.8) is 0 Å². The Hall–Kier alpha value is -8.46. The molecule has 0 atom stereocenters. The second-order valence-corrected chi connectivity index (χ2v) is 16.5. The molecule has 2 heteroatoms. The quantitative estimate of drug-likeness (QED) is 0.139. The number of fused-ring (bicyclic) bond motifs is 6. The van der Waals surface area contributed by atoms with Crippen molar-refractivity contribution in [2.75, 3.05) is 4.90 Å². The van der Waals surface area contributed by atoms with E-state index in [0.717, 1.165) is 28.3 Å². The van der Waals surface area contributed by atoms with Crippen molar-refractivity contribution in [1.82, 2.24) is 4.57 Å². The minimum atomic E-state index is 1.08. The molecule has 0 aliphatic carbocycles. The minimum absolute atomic E-state index is 1.08. The summed E-state index contributed by atoms with van der Waals surface area (Å²) < 4.78 is 2.45. The molecule has 0 fully saturated rings. The van der Waals surface area contributed by atoms with E-state index < -0.39 is 0 Å². The third-order valence-corrected chi connectivity index (χ3v) is 12.8. The SMILES string of the molecule is c1ccc(-c2ccccc2N(c2ccc(-c3ccc4c(ccc5ccccc54)c3)cc2)c2cccc(-c3ccc(-c4ccccc4)c4c3c3ccccc3n4-c3ccccc3)c2)cc1. The van der Waals surface area contributed by atoms with Crippen molar-refractivity contribution in [2.45, 2.75) is 0 Å². The Morgan fingerprint density at radius 2 is 0.891 bits per heavy atom. The normalized spacial score (nSPS) is 11.4. The third kappa shape index (κ3) is 6.44. The summed E-state index contributed by atoms with van der Waals surface area (Å²) in [5.41, 5.74) is 16.3. The van der Waals surface area contributed by atoms with Gasteiger partial charge in [-0.05, 0) is 110 Å². The van der Waals surface area contributed by atoms with Gasteiger partial charge < -0.3 is 9.47 Å². The molecule has 0 N–H and O–H groups in total. The lowest BCUT2D eigenvalue weighted by Gasteiger charge is -2.28. The molecule has 0 spiro atoms. The van der Waals surface area contributed by atoms with Crippen LogP contribution in [0.2, 0.25) is 0 Å². The highest BCUT2D eigenvalue weighted by atomic mass is 15.1. The second-order valence-electron chi connectivity index (χ2n) is 16.5. The van der Waals surface area contributed by atoms with E-state index >= 15 is 0 Å². The molecule has 300 valence electrons. The van der Waals surface area contributed by atoms with Crippen LogP contribution < -0.4 is 4.90 Å². The molecule has 0 bridgehead atoms. The molecule has 12 rings (SSSR count). The highest BCUT2D eigenvalue weighted by molar-refractivity contribution is 6.19. The molecule has 0 saturated heterocycles. The maximum atomic E-state index is 2.45. The molecule has 1 aromatic heterocycles. The van der Waals surface area contributed by atoms with Gasteiger partial charge in [0.05, 0.1) is 16.7 Å². The molecule has 2 nitrogen and oxygen atoms in total. The van der Waals surface area contributed by atoms with Gasteiger partial charge in [0.15, 0.2) is 0 Å². The van der Waals surface area contributed by atoms with E-state index in [-0.39, 0.29) is 0 Å². The van der Waals surface area contributed by atoms with Crippen LogP contribution in [0, 0.1) is 0 Å². The Bertz CT molecular complexity index is 3640. The summed E-state index contributed by atoms with van der Waals surface area (Å²) in [6, 6.07) is 92.7. The summed E-state index contributed by atoms with van der Waals surface area (Å²) in [5, 5.41) is 7.53. The van der Waals surface area contributed by atoms with E-state index in [1.54, 1.807) is 0 Å². The number of hydrogen-bond donors (Lipinski definition) is 0. The zero-order chi connectivity index (χ0) is 42.4. The van der Waals surface area contributed by atoms with Crippen LogP contribution in [-0.4, -0.2) is 4.57 Å². The first-order valence-corrected chi connectivity index (χ1v) is 22.0. The maximum absolute atomic E-state index is 2.45. The van der Waals surface area contributed by atoms with E-state index in [0.29, 0.717) is 0 Å².